The molecule has 4 atom stereocenters. The van der Waals surface area contributed by atoms with Gasteiger partial charge >= 0.3 is 5.97 Å². The van der Waals surface area contributed by atoms with E-state index in [4.69, 9.17) is 28.2 Å². The van der Waals surface area contributed by atoms with E-state index < -0.39 is 29.2 Å². The van der Waals surface area contributed by atoms with E-state index in [0.29, 0.717) is 45.6 Å². The van der Waals surface area contributed by atoms with Gasteiger partial charge in [0.25, 0.3) is 0 Å². The lowest BCUT2D eigenvalue weighted by atomic mass is 9.71. The van der Waals surface area contributed by atoms with Crippen LogP contribution in [0.2, 0.25) is 10.0 Å². The van der Waals surface area contributed by atoms with Gasteiger partial charge in [0.05, 0.1) is 21.6 Å². The fourth-order valence-corrected chi connectivity index (χ4v) is 7.24. The van der Waals surface area contributed by atoms with Gasteiger partial charge in [-0.2, -0.15) is 0 Å². The number of aromatic carboxylic acids is 1. The Balaban J connectivity index is 1.51. The summed E-state index contributed by atoms with van der Waals surface area (Å²) in [4.78, 5) is 36.4. The standard InChI is InChI=1S/C30H25Cl2FN4O3/c1-14-24(27-34-21-10-7-16(28(38)39)11-23(21)35-27)25(18-3-2-4-20(32)26(18)33)30(37(14)13-15-5-6-15)19-9-8-17(31)12-22(19)36-29(30)40/h2-4,7-12,14-15,24-25H,5-6,13H2,1H3,(H,34,35)(H,36,40)(H,38,39)/t14-,24+,25-,30+/m0/s1. The Kier molecular flexibility index (Phi) is 5.75. The van der Waals surface area contributed by atoms with Crippen molar-refractivity contribution in [2.45, 2.75) is 43.2 Å². The highest BCUT2D eigenvalue weighted by atomic mass is 35.5. The Morgan fingerprint density at radius 3 is 2.73 bits per heavy atom. The van der Waals surface area contributed by atoms with E-state index in [9.17, 15) is 14.7 Å². The normalized spacial score (nSPS) is 26.0. The minimum absolute atomic E-state index is 0.0230. The third kappa shape index (κ3) is 3.62. The number of amides is 1. The molecule has 3 aromatic carbocycles. The number of hydrogen-bond donors (Lipinski definition) is 3. The third-order valence-electron chi connectivity index (χ3n) is 8.79. The monoisotopic (exact) mass is 578 g/mol. The topological polar surface area (TPSA) is 98.3 Å². The molecule has 1 spiro atoms. The maximum Gasteiger partial charge on any atom is 0.335 e. The first-order valence-corrected chi connectivity index (χ1v) is 14.0. The van der Waals surface area contributed by atoms with Gasteiger partial charge < -0.3 is 15.4 Å². The summed E-state index contributed by atoms with van der Waals surface area (Å²) in [6.07, 6.45) is 2.13. The fraction of sp³-hybridized carbons (Fsp3) is 0.300. The van der Waals surface area contributed by atoms with Crippen LogP contribution in [0.15, 0.2) is 54.6 Å². The zero-order valence-electron chi connectivity index (χ0n) is 21.4. The van der Waals surface area contributed by atoms with Gasteiger partial charge in [0.1, 0.15) is 17.2 Å². The smallest absolute Gasteiger partial charge is 0.335 e. The SMILES string of the molecule is C[C@H]1[C@@H](c2nc3cc(C(=O)O)ccc3[nH]2)[C@H](c2cccc(Cl)c2F)[C@]2(C(=O)Nc3cc(Cl)ccc32)N1CC1CC1. The molecule has 3 heterocycles. The lowest BCUT2D eigenvalue weighted by Gasteiger charge is -2.39. The molecular formula is C30H25Cl2FN4O3. The number of carbonyl (C=O) groups is 2. The number of fused-ring (bicyclic) bond motifs is 3. The zero-order chi connectivity index (χ0) is 27.9. The molecule has 7 nitrogen and oxygen atoms in total. The van der Waals surface area contributed by atoms with E-state index in [1.165, 1.54) is 18.2 Å². The van der Waals surface area contributed by atoms with Crippen LogP contribution < -0.4 is 5.32 Å². The Bertz CT molecular complexity index is 1720. The summed E-state index contributed by atoms with van der Waals surface area (Å²) in [7, 11) is 0. The van der Waals surface area contributed by atoms with E-state index in [0.717, 1.165) is 18.4 Å². The molecule has 1 saturated heterocycles. The van der Waals surface area contributed by atoms with Crippen molar-refractivity contribution in [1.82, 2.24) is 14.9 Å². The summed E-state index contributed by atoms with van der Waals surface area (Å²) in [6, 6.07) is 14.7. The zero-order valence-corrected chi connectivity index (χ0v) is 22.9. The van der Waals surface area contributed by atoms with Gasteiger partial charge in [0, 0.05) is 40.7 Å². The number of H-pyrrole nitrogens is 1. The summed E-state index contributed by atoms with van der Waals surface area (Å²) >= 11 is 12.7. The molecule has 204 valence electrons. The second-order valence-electron chi connectivity index (χ2n) is 11.1. The molecule has 0 unspecified atom stereocenters. The molecule has 0 bridgehead atoms. The van der Waals surface area contributed by atoms with Crippen molar-refractivity contribution < 1.29 is 19.1 Å². The van der Waals surface area contributed by atoms with Gasteiger partial charge in [-0.3, -0.25) is 9.69 Å². The molecule has 1 aliphatic carbocycles. The minimum atomic E-state index is -1.25. The molecule has 3 N–H and O–H groups in total. The van der Waals surface area contributed by atoms with Crippen LogP contribution in [0, 0.1) is 11.7 Å². The molecule has 2 aliphatic heterocycles. The Labute approximate surface area is 239 Å². The molecule has 40 heavy (non-hydrogen) atoms. The second-order valence-corrected chi connectivity index (χ2v) is 11.9. The van der Waals surface area contributed by atoms with Crippen molar-refractivity contribution in [1.29, 1.82) is 0 Å². The van der Waals surface area contributed by atoms with Crippen molar-refractivity contribution in [3.05, 3.63) is 93.0 Å². The van der Waals surface area contributed by atoms with E-state index in [-0.39, 0.29) is 22.5 Å². The number of aromatic nitrogens is 2. The first kappa shape index (κ1) is 25.5. The number of carboxylic acid groups (broad SMARTS) is 1. The van der Waals surface area contributed by atoms with Gasteiger partial charge in [-0.1, -0.05) is 41.4 Å². The summed E-state index contributed by atoms with van der Waals surface area (Å²) in [5, 5.41) is 13.0. The quantitative estimate of drug-likeness (QED) is 0.250. The fourth-order valence-electron chi connectivity index (χ4n) is 6.89. The number of halogens is 3. The molecule has 10 heteroatoms. The first-order valence-electron chi connectivity index (χ1n) is 13.2. The number of imidazole rings is 1. The number of nitrogens with one attached hydrogen (secondary N) is 2. The number of benzene rings is 3. The lowest BCUT2D eigenvalue weighted by Crippen LogP contribution is -2.52. The maximum absolute atomic E-state index is 16.0. The number of anilines is 1. The first-order chi connectivity index (χ1) is 19.2. The summed E-state index contributed by atoms with van der Waals surface area (Å²) in [5.74, 6) is -2.04. The van der Waals surface area contributed by atoms with Crippen molar-refractivity contribution in [3.63, 3.8) is 0 Å². The van der Waals surface area contributed by atoms with Gasteiger partial charge in [0.2, 0.25) is 5.91 Å². The van der Waals surface area contributed by atoms with Crippen molar-refractivity contribution in [2.24, 2.45) is 5.92 Å². The average molecular weight is 579 g/mol. The van der Waals surface area contributed by atoms with Crippen LogP contribution in [-0.4, -0.2) is 44.4 Å². The number of carboxylic acids is 1. The van der Waals surface area contributed by atoms with Gasteiger partial charge in [-0.25, -0.2) is 14.2 Å². The summed E-state index contributed by atoms with van der Waals surface area (Å²) in [6.45, 7) is 2.71. The number of hydrogen-bond acceptors (Lipinski definition) is 4. The highest BCUT2D eigenvalue weighted by molar-refractivity contribution is 6.31. The van der Waals surface area contributed by atoms with Crippen LogP contribution in [0.4, 0.5) is 10.1 Å². The van der Waals surface area contributed by atoms with Gasteiger partial charge in [-0.15, -0.1) is 0 Å². The van der Waals surface area contributed by atoms with Gasteiger partial charge in [0.15, 0.2) is 0 Å². The highest BCUT2D eigenvalue weighted by Gasteiger charge is 2.67. The Morgan fingerprint density at radius 2 is 1.98 bits per heavy atom. The van der Waals surface area contributed by atoms with Crippen LogP contribution in [0.25, 0.3) is 11.0 Å². The Morgan fingerprint density at radius 1 is 1.18 bits per heavy atom. The Hall–Kier alpha value is -3.46. The van der Waals surface area contributed by atoms with E-state index in [1.54, 1.807) is 30.3 Å². The minimum Gasteiger partial charge on any atom is -0.478 e. The molecule has 2 fully saturated rings. The molecule has 7 rings (SSSR count). The van der Waals surface area contributed by atoms with Gasteiger partial charge in [-0.05, 0) is 67.6 Å². The largest absolute Gasteiger partial charge is 0.478 e. The van der Waals surface area contributed by atoms with Crippen LogP contribution in [0.1, 0.15) is 58.9 Å². The van der Waals surface area contributed by atoms with Crippen LogP contribution in [-0.2, 0) is 10.3 Å². The second kappa shape index (κ2) is 9.03. The van der Waals surface area contributed by atoms with Crippen molar-refractivity contribution in [3.8, 4) is 0 Å². The average Bonchev–Trinajstić information content (AvgIpc) is 3.49. The number of rotatable bonds is 5. The number of aromatic amines is 1. The molecule has 1 amide bonds. The van der Waals surface area contributed by atoms with Crippen LogP contribution in [0.5, 0.6) is 0 Å². The van der Waals surface area contributed by atoms with E-state index in [1.807, 2.05) is 13.0 Å². The van der Waals surface area contributed by atoms with E-state index >= 15 is 4.39 Å². The molecule has 1 aromatic heterocycles. The van der Waals surface area contributed by atoms with Crippen LogP contribution in [0.3, 0.4) is 0 Å². The van der Waals surface area contributed by atoms with E-state index in [2.05, 4.69) is 15.2 Å². The third-order valence-corrected chi connectivity index (χ3v) is 9.32. The number of carbonyl (C=O) groups excluding carboxylic acids is 1. The number of likely N-dealkylation sites (tertiary alicyclic amines) is 1. The summed E-state index contributed by atoms with van der Waals surface area (Å²) < 4.78 is 16.0. The summed E-state index contributed by atoms with van der Waals surface area (Å²) in [5.41, 5.74) is 1.70. The van der Waals surface area contributed by atoms with Crippen LogP contribution >= 0.6 is 23.2 Å². The predicted octanol–water partition coefficient (Wildman–Crippen LogP) is 6.54. The predicted molar refractivity (Wildman–Crippen MR) is 151 cm³/mol. The molecular weight excluding hydrogens is 554 g/mol. The van der Waals surface area contributed by atoms with Crippen molar-refractivity contribution in [2.75, 3.05) is 11.9 Å². The highest BCUT2D eigenvalue weighted by Crippen LogP contribution is 2.63. The molecule has 0 radical (unpaired) electrons. The molecule has 3 aliphatic rings. The maximum atomic E-state index is 16.0. The molecule has 4 aromatic rings. The lowest BCUT2D eigenvalue weighted by molar-refractivity contribution is -0.127. The van der Waals surface area contributed by atoms with Crippen molar-refractivity contribution >= 4 is 51.8 Å². The molecule has 1 saturated carbocycles. The number of nitrogens with zero attached hydrogens (tertiary/aromatic N) is 2.